The number of benzene rings is 1. The molecule has 1 aliphatic rings. The average molecular weight is 241 g/mol. The summed E-state index contributed by atoms with van der Waals surface area (Å²) in [4.78, 5) is 2.20. The zero-order chi connectivity index (χ0) is 11.7. The molecule has 3 nitrogen and oxygen atoms in total. The standard InChI is InChI=1S/C12H17ClN2O/c1-8-6-15(7-9(2)16-8)12-10(13)4-3-5-11(12)14/h3-5,8-9H,6-7,14H2,1-2H3/t8-,9-/m1/s1. The number of nitrogens with two attached hydrogens (primary N) is 1. The highest BCUT2D eigenvalue weighted by atomic mass is 35.5. The van der Waals surface area contributed by atoms with Crippen LogP contribution in [0.4, 0.5) is 11.4 Å². The summed E-state index contributed by atoms with van der Waals surface area (Å²) in [5, 5.41) is 0.710. The quantitative estimate of drug-likeness (QED) is 0.767. The van der Waals surface area contributed by atoms with Crippen LogP contribution in [0.25, 0.3) is 0 Å². The van der Waals surface area contributed by atoms with Crippen molar-refractivity contribution >= 4 is 23.0 Å². The maximum absolute atomic E-state index is 6.20. The molecule has 2 rings (SSSR count). The van der Waals surface area contributed by atoms with Crippen molar-refractivity contribution in [2.75, 3.05) is 23.7 Å². The van der Waals surface area contributed by atoms with Gasteiger partial charge in [0.25, 0.3) is 0 Å². The highest BCUT2D eigenvalue weighted by Gasteiger charge is 2.24. The van der Waals surface area contributed by atoms with E-state index in [-0.39, 0.29) is 12.2 Å². The summed E-state index contributed by atoms with van der Waals surface area (Å²) >= 11 is 6.20. The van der Waals surface area contributed by atoms with Gasteiger partial charge in [-0.3, -0.25) is 0 Å². The Bertz CT molecular complexity index is 353. The Morgan fingerprint density at radius 2 is 1.94 bits per heavy atom. The highest BCUT2D eigenvalue weighted by molar-refractivity contribution is 6.34. The molecular weight excluding hydrogens is 224 g/mol. The van der Waals surface area contributed by atoms with Gasteiger partial charge in [0, 0.05) is 13.1 Å². The summed E-state index contributed by atoms with van der Waals surface area (Å²) in [7, 11) is 0. The van der Waals surface area contributed by atoms with E-state index >= 15 is 0 Å². The first-order valence-corrected chi connectivity index (χ1v) is 5.90. The van der Waals surface area contributed by atoms with E-state index < -0.39 is 0 Å². The topological polar surface area (TPSA) is 38.5 Å². The Labute approximate surface area is 101 Å². The summed E-state index contributed by atoms with van der Waals surface area (Å²) in [5.74, 6) is 0. The second-order valence-corrected chi connectivity index (χ2v) is 4.75. The molecule has 0 aliphatic carbocycles. The van der Waals surface area contributed by atoms with Crippen molar-refractivity contribution in [1.29, 1.82) is 0 Å². The fourth-order valence-electron chi connectivity index (χ4n) is 2.23. The van der Waals surface area contributed by atoms with Gasteiger partial charge in [-0.25, -0.2) is 0 Å². The summed E-state index contributed by atoms with van der Waals surface area (Å²) < 4.78 is 5.69. The Kier molecular flexibility index (Phi) is 3.26. The van der Waals surface area contributed by atoms with Crippen molar-refractivity contribution in [1.82, 2.24) is 0 Å². The normalized spacial score (nSPS) is 25.8. The van der Waals surface area contributed by atoms with Crippen LogP contribution in [0, 0.1) is 0 Å². The predicted molar refractivity (Wildman–Crippen MR) is 68.1 cm³/mol. The number of para-hydroxylation sites is 1. The number of hydrogen-bond acceptors (Lipinski definition) is 3. The first kappa shape index (κ1) is 11.6. The van der Waals surface area contributed by atoms with E-state index in [1.165, 1.54) is 0 Å². The van der Waals surface area contributed by atoms with E-state index in [1.807, 2.05) is 18.2 Å². The van der Waals surface area contributed by atoms with Gasteiger partial charge in [-0.15, -0.1) is 0 Å². The van der Waals surface area contributed by atoms with E-state index in [9.17, 15) is 0 Å². The number of halogens is 1. The molecule has 16 heavy (non-hydrogen) atoms. The van der Waals surface area contributed by atoms with Crippen LogP contribution in [0.2, 0.25) is 5.02 Å². The molecule has 1 aromatic carbocycles. The van der Waals surface area contributed by atoms with E-state index in [0.29, 0.717) is 5.02 Å². The van der Waals surface area contributed by atoms with Crippen LogP contribution in [0.1, 0.15) is 13.8 Å². The minimum absolute atomic E-state index is 0.208. The third-order valence-corrected chi connectivity index (χ3v) is 3.06. The summed E-state index contributed by atoms with van der Waals surface area (Å²) in [6.45, 7) is 5.79. The molecule has 1 saturated heterocycles. The van der Waals surface area contributed by atoms with Crippen LogP contribution < -0.4 is 10.6 Å². The Morgan fingerprint density at radius 3 is 2.50 bits per heavy atom. The lowest BCUT2D eigenvalue weighted by atomic mass is 10.2. The predicted octanol–water partition coefficient (Wildman–Crippen LogP) is 2.54. The number of nitrogens with zero attached hydrogens (tertiary/aromatic N) is 1. The monoisotopic (exact) mass is 240 g/mol. The highest BCUT2D eigenvalue weighted by Crippen LogP contribution is 2.33. The summed E-state index contributed by atoms with van der Waals surface area (Å²) in [6, 6.07) is 5.62. The smallest absolute Gasteiger partial charge is 0.0790 e. The zero-order valence-corrected chi connectivity index (χ0v) is 10.4. The number of ether oxygens (including phenoxy) is 1. The van der Waals surface area contributed by atoms with Crippen LogP contribution in [0.15, 0.2) is 18.2 Å². The third-order valence-electron chi connectivity index (χ3n) is 2.75. The van der Waals surface area contributed by atoms with E-state index in [4.69, 9.17) is 22.1 Å². The molecule has 88 valence electrons. The van der Waals surface area contributed by atoms with Gasteiger partial charge in [0.1, 0.15) is 0 Å². The fraction of sp³-hybridized carbons (Fsp3) is 0.500. The van der Waals surface area contributed by atoms with Crippen LogP contribution in [-0.2, 0) is 4.74 Å². The molecule has 0 amide bonds. The first-order chi connectivity index (χ1) is 7.58. The van der Waals surface area contributed by atoms with Crippen LogP contribution in [-0.4, -0.2) is 25.3 Å². The van der Waals surface area contributed by atoms with Crippen LogP contribution in [0.5, 0.6) is 0 Å². The maximum atomic E-state index is 6.20. The number of nitrogen functional groups attached to an aromatic ring is 1. The van der Waals surface area contributed by atoms with Gasteiger partial charge in [-0.1, -0.05) is 17.7 Å². The molecule has 1 aromatic rings. The Morgan fingerprint density at radius 1 is 1.31 bits per heavy atom. The molecule has 1 fully saturated rings. The lowest BCUT2D eigenvalue weighted by Crippen LogP contribution is -2.45. The zero-order valence-electron chi connectivity index (χ0n) is 9.61. The Balaban J connectivity index is 2.29. The molecule has 0 spiro atoms. The molecule has 0 aromatic heterocycles. The number of anilines is 2. The summed E-state index contributed by atoms with van der Waals surface area (Å²) in [6.07, 6.45) is 0.416. The van der Waals surface area contributed by atoms with E-state index in [0.717, 1.165) is 24.5 Å². The van der Waals surface area contributed by atoms with Crippen molar-refractivity contribution < 1.29 is 4.74 Å². The van der Waals surface area contributed by atoms with E-state index in [1.54, 1.807) is 0 Å². The minimum atomic E-state index is 0.208. The molecule has 0 saturated carbocycles. The molecule has 4 heteroatoms. The molecular formula is C12H17ClN2O. The van der Waals surface area contributed by atoms with Crippen molar-refractivity contribution in [2.45, 2.75) is 26.1 Å². The third kappa shape index (κ3) is 2.25. The summed E-state index contributed by atoms with van der Waals surface area (Å²) in [5.41, 5.74) is 7.64. The van der Waals surface area contributed by atoms with Gasteiger partial charge < -0.3 is 15.4 Å². The SMILES string of the molecule is C[C@@H]1CN(c2c(N)cccc2Cl)C[C@@H](C)O1. The fourth-order valence-corrected chi connectivity index (χ4v) is 2.53. The molecule has 0 bridgehead atoms. The van der Waals surface area contributed by atoms with Crippen LogP contribution >= 0.6 is 11.6 Å². The lowest BCUT2D eigenvalue weighted by Gasteiger charge is -2.37. The second-order valence-electron chi connectivity index (χ2n) is 4.34. The molecule has 2 atom stereocenters. The first-order valence-electron chi connectivity index (χ1n) is 5.52. The maximum Gasteiger partial charge on any atom is 0.0790 e. The van der Waals surface area contributed by atoms with E-state index in [2.05, 4.69) is 18.7 Å². The van der Waals surface area contributed by atoms with Gasteiger partial charge in [0.2, 0.25) is 0 Å². The van der Waals surface area contributed by atoms with Gasteiger partial charge in [-0.05, 0) is 26.0 Å². The lowest BCUT2D eigenvalue weighted by molar-refractivity contribution is -0.00516. The number of rotatable bonds is 1. The van der Waals surface area contributed by atoms with Crippen molar-refractivity contribution in [3.8, 4) is 0 Å². The van der Waals surface area contributed by atoms with Gasteiger partial charge in [0.15, 0.2) is 0 Å². The van der Waals surface area contributed by atoms with Gasteiger partial charge in [-0.2, -0.15) is 0 Å². The molecule has 2 N–H and O–H groups in total. The largest absolute Gasteiger partial charge is 0.397 e. The van der Waals surface area contributed by atoms with Crippen LogP contribution in [0.3, 0.4) is 0 Å². The molecule has 1 heterocycles. The minimum Gasteiger partial charge on any atom is -0.397 e. The Hall–Kier alpha value is -0.930. The molecule has 0 unspecified atom stereocenters. The number of hydrogen-bond donors (Lipinski definition) is 1. The number of morpholine rings is 1. The average Bonchev–Trinajstić information content (AvgIpc) is 2.15. The van der Waals surface area contributed by atoms with Gasteiger partial charge >= 0.3 is 0 Å². The van der Waals surface area contributed by atoms with Crippen molar-refractivity contribution in [3.05, 3.63) is 23.2 Å². The molecule has 0 radical (unpaired) electrons. The van der Waals surface area contributed by atoms with Crippen molar-refractivity contribution in [3.63, 3.8) is 0 Å². The van der Waals surface area contributed by atoms with Crippen molar-refractivity contribution in [2.24, 2.45) is 0 Å². The van der Waals surface area contributed by atoms with Gasteiger partial charge in [0.05, 0.1) is 28.6 Å². The molecule has 1 aliphatic heterocycles. The second kappa shape index (κ2) is 4.52.